The number of hydrogen-bond donors (Lipinski definition) is 1. The third-order valence-corrected chi connectivity index (χ3v) is 6.55. The van der Waals surface area contributed by atoms with Gasteiger partial charge in [0.25, 0.3) is 0 Å². The first-order valence-electron chi connectivity index (χ1n) is 12.9. The van der Waals surface area contributed by atoms with E-state index in [1.165, 1.54) is 18.9 Å². The van der Waals surface area contributed by atoms with Crippen LogP contribution in [0.15, 0.2) is 83.3 Å². The molecule has 4 aromatic rings. The average Bonchev–Trinajstić information content (AvgIpc) is 3.34. The van der Waals surface area contributed by atoms with Crippen LogP contribution in [0, 0.1) is 6.92 Å². The molecule has 0 saturated heterocycles. The van der Waals surface area contributed by atoms with Crippen molar-refractivity contribution in [1.82, 2.24) is 9.88 Å². The van der Waals surface area contributed by atoms with Gasteiger partial charge in [-0.05, 0) is 74.9 Å². The second-order valence-electron chi connectivity index (χ2n) is 9.20. The third-order valence-electron chi connectivity index (χ3n) is 6.55. The lowest BCUT2D eigenvalue weighted by Crippen LogP contribution is -2.46. The number of amides is 1. The van der Waals surface area contributed by atoms with Crippen LogP contribution in [-0.2, 0) is 11.2 Å². The third kappa shape index (κ3) is 6.79. The minimum absolute atomic E-state index is 0.280. The molecule has 0 unspecified atom stereocenters. The summed E-state index contributed by atoms with van der Waals surface area (Å²) in [5.41, 5.74) is 2.48. The normalized spacial score (nSPS) is 12.3. The van der Waals surface area contributed by atoms with E-state index in [0.29, 0.717) is 30.4 Å². The summed E-state index contributed by atoms with van der Waals surface area (Å²) in [5, 5.41) is 9.65. The lowest BCUT2D eigenvalue weighted by Gasteiger charge is -2.31. The number of oxazole rings is 1. The van der Waals surface area contributed by atoms with Crippen molar-refractivity contribution in [3.8, 4) is 28.7 Å². The monoisotopic (exact) mass is 544 g/mol. The Morgan fingerprint density at radius 3 is 2.17 bits per heavy atom. The Labute approximate surface area is 232 Å². The number of ether oxygens (including phenoxy) is 3. The molecule has 4 rings (SSSR count). The number of aromatic nitrogens is 1. The Morgan fingerprint density at radius 2 is 1.55 bits per heavy atom. The van der Waals surface area contributed by atoms with Gasteiger partial charge >= 0.3 is 12.1 Å². The lowest BCUT2D eigenvalue weighted by atomic mass is 10.1. The number of rotatable bonds is 11. The second kappa shape index (κ2) is 12.8. The van der Waals surface area contributed by atoms with Crippen molar-refractivity contribution in [3.05, 3.63) is 95.9 Å². The van der Waals surface area contributed by atoms with Crippen molar-refractivity contribution in [2.45, 2.75) is 39.3 Å². The van der Waals surface area contributed by atoms with Gasteiger partial charge in [-0.2, -0.15) is 0 Å². The first kappa shape index (κ1) is 28.2. The van der Waals surface area contributed by atoms with Gasteiger partial charge in [-0.25, -0.2) is 14.6 Å². The largest absolute Gasteiger partial charge is 0.497 e. The summed E-state index contributed by atoms with van der Waals surface area (Å²) in [7, 11) is 1.54. The first-order valence-corrected chi connectivity index (χ1v) is 12.9. The number of benzene rings is 3. The quantitative estimate of drug-likeness (QED) is 0.234. The maximum Gasteiger partial charge on any atom is 0.416 e. The zero-order valence-electron chi connectivity index (χ0n) is 22.9. The highest BCUT2D eigenvalue weighted by atomic mass is 16.6. The van der Waals surface area contributed by atoms with Gasteiger partial charge in [0.1, 0.15) is 29.1 Å². The SMILES string of the molecule is COc1ccc(OC(=O)N([C@H](C)c2ccc(OCCc3nc(-c4ccccc4)oc3C)cc2)[C@@H](C)C(=O)O)cc1. The van der Waals surface area contributed by atoms with E-state index in [1.807, 2.05) is 37.3 Å². The minimum atomic E-state index is -1.14. The Kier molecular flexibility index (Phi) is 9.06. The summed E-state index contributed by atoms with van der Waals surface area (Å²) in [6.07, 6.45) is -0.202. The molecule has 1 aromatic heterocycles. The summed E-state index contributed by atoms with van der Waals surface area (Å²) in [5.74, 6) is 1.72. The highest BCUT2D eigenvalue weighted by molar-refractivity contribution is 5.81. The number of carbonyl (C=O) groups is 2. The number of carbonyl (C=O) groups excluding carboxylic acids is 1. The second-order valence-corrected chi connectivity index (χ2v) is 9.20. The standard InChI is InChI=1S/C31H32N2O7/c1-20(33(21(2)30(34)35)31(36)40-27-16-14-25(37-4)15-17-27)23-10-12-26(13-11-23)38-19-18-28-22(3)39-29(32-28)24-8-6-5-7-9-24/h5-17,20-21H,18-19H2,1-4H3,(H,34,35)/t20-,21+/m1/s1. The highest BCUT2D eigenvalue weighted by Crippen LogP contribution is 2.27. The molecular weight excluding hydrogens is 512 g/mol. The average molecular weight is 545 g/mol. The van der Waals surface area contributed by atoms with E-state index in [9.17, 15) is 14.7 Å². The van der Waals surface area contributed by atoms with Gasteiger partial charge in [0, 0.05) is 12.0 Å². The van der Waals surface area contributed by atoms with Crippen LogP contribution >= 0.6 is 0 Å². The van der Waals surface area contributed by atoms with E-state index in [1.54, 1.807) is 55.5 Å². The van der Waals surface area contributed by atoms with Crippen molar-refractivity contribution in [1.29, 1.82) is 0 Å². The van der Waals surface area contributed by atoms with Crippen molar-refractivity contribution >= 4 is 12.1 Å². The molecule has 208 valence electrons. The Balaban J connectivity index is 1.39. The maximum atomic E-state index is 13.1. The number of carboxylic acids is 1. The highest BCUT2D eigenvalue weighted by Gasteiger charge is 2.32. The van der Waals surface area contributed by atoms with Gasteiger partial charge < -0.3 is 23.7 Å². The van der Waals surface area contributed by atoms with Crippen LogP contribution in [0.4, 0.5) is 4.79 Å². The maximum absolute atomic E-state index is 13.1. The predicted molar refractivity (Wildman–Crippen MR) is 149 cm³/mol. The van der Waals surface area contributed by atoms with E-state index in [-0.39, 0.29) is 5.75 Å². The molecule has 0 radical (unpaired) electrons. The van der Waals surface area contributed by atoms with E-state index >= 15 is 0 Å². The summed E-state index contributed by atoms with van der Waals surface area (Å²) in [6, 6.07) is 21.7. The predicted octanol–water partition coefficient (Wildman–Crippen LogP) is 6.32. The van der Waals surface area contributed by atoms with Crippen molar-refractivity contribution in [2.75, 3.05) is 13.7 Å². The molecule has 0 bridgehead atoms. The molecule has 9 heteroatoms. The zero-order valence-corrected chi connectivity index (χ0v) is 22.9. The van der Waals surface area contributed by atoms with Crippen molar-refractivity contribution in [2.24, 2.45) is 0 Å². The molecule has 9 nitrogen and oxygen atoms in total. The first-order chi connectivity index (χ1) is 19.3. The topological polar surface area (TPSA) is 111 Å². The van der Waals surface area contributed by atoms with Crippen LogP contribution in [0.2, 0.25) is 0 Å². The molecule has 1 heterocycles. The molecule has 40 heavy (non-hydrogen) atoms. The van der Waals surface area contributed by atoms with Gasteiger partial charge in [-0.1, -0.05) is 30.3 Å². The van der Waals surface area contributed by atoms with E-state index < -0.39 is 24.1 Å². The van der Waals surface area contributed by atoms with E-state index in [4.69, 9.17) is 18.6 Å². The Morgan fingerprint density at radius 1 is 0.925 bits per heavy atom. The number of carboxylic acid groups (broad SMARTS) is 1. The zero-order chi connectivity index (χ0) is 28.6. The molecule has 2 atom stereocenters. The van der Waals surface area contributed by atoms with Gasteiger partial charge in [0.05, 0.1) is 25.5 Å². The number of nitrogens with zero attached hydrogens (tertiary/aromatic N) is 2. The van der Waals surface area contributed by atoms with Crippen LogP contribution < -0.4 is 14.2 Å². The molecule has 0 aliphatic heterocycles. The molecule has 1 N–H and O–H groups in total. The fourth-order valence-electron chi connectivity index (χ4n) is 4.20. The fraction of sp³-hybridized carbons (Fsp3) is 0.258. The number of aliphatic carboxylic acids is 1. The summed E-state index contributed by atoms with van der Waals surface area (Å²) in [6.45, 7) is 5.48. The van der Waals surface area contributed by atoms with Crippen LogP contribution in [0.1, 0.15) is 36.9 Å². The summed E-state index contributed by atoms with van der Waals surface area (Å²) >= 11 is 0. The van der Waals surface area contributed by atoms with Crippen LogP contribution in [-0.4, -0.2) is 46.8 Å². The van der Waals surface area contributed by atoms with Gasteiger partial charge in [-0.3, -0.25) is 4.90 Å². The Bertz CT molecular complexity index is 1420. The van der Waals surface area contributed by atoms with Gasteiger partial charge in [0.15, 0.2) is 0 Å². The van der Waals surface area contributed by atoms with Gasteiger partial charge in [0.2, 0.25) is 5.89 Å². The van der Waals surface area contributed by atoms with Gasteiger partial charge in [-0.15, -0.1) is 0 Å². The summed E-state index contributed by atoms with van der Waals surface area (Å²) in [4.78, 5) is 30.7. The molecule has 0 spiro atoms. The molecular formula is C31H32N2O7. The number of hydrogen-bond acceptors (Lipinski definition) is 7. The summed E-state index contributed by atoms with van der Waals surface area (Å²) < 4.78 is 22.3. The lowest BCUT2D eigenvalue weighted by molar-refractivity contribution is -0.142. The molecule has 0 fully saturated rings. The van der Waals surface area contributed by atoms with Crippen LogP contribution in [0.5, 0.6) is 17.2 Å². The molecule has 0 aliphatic rings. The van der Waals surface area contributed by atoms with E-state index in [2.05, 4.69) is 4.98 Å². The smallest absolute Gasteiger partial charge is 0.416 e. The molecule has 3 aromatic carbocycles. The van der Waals surface area contributed by atoms with Crippen LogP contribution in [0.3, 0.4) is 0 Å². The molecule has 0 aliphatic carbocycles. The van der Waals surface area contributed by atoms with Crippen molar-refractivity contribution < 1.29 is 33.3 Å². The molecule has 0 saturated carbocycles. The Hall–Kier alpha value is -4.79. The van der Waals surface area contributed by atoms with Crippen LogP contribution in [0.25, 0.3) is 11.5 Å². The fourth-order valence-corrected chi connectivity index (χ4v) is 4.20. The van der Waals surface area contributed by atoms with E-state index in [0.717, 1.165) is 22.6 Å². The molecule has 1 amide bonds. The van der Waals surface area contributed by atoms with Crippen molar-refractivity contribution in [3.63, 3.8) is 0 Å². The number of methoxy groups -OCH3 is 1. The minimum Gasteiger partial charge on any atom is -0.497 e. The number of aryl methyl sites for hydroxylation is 1.